The fourth-order valence-corrected chi connectivity index (χ4v) is 3.15. The van der Waals surface area contributed by atoms with E-state index in [-0.39, 0.29) is 15.5 Å². The number of para-hydroxylation sites is 1. The number of carbonyl (C=O) groups excluding carboxylic acids is 1. The molecule has 1 aromatic heterocycles. The molecule has 1 aromatic carbocycles. The predicted molar refractivity (Wildman–Crippen MR) is 70.2 cm³/mol. The first kappa shape index (κ1) is 13.5. The smallest absolute Gasteiger partial charge is 0.269 e. The molecule has 0 radical (unpaired) electrons. The number of aromatic hydroxyl groups is 1. The van der Waals surface area contributed by atoms with Crippen molar-refractivity contribution in [1.29, 1.82) is 0 Å². The van der Waals surface area contributed by atoms with Crippen molar-refractivity contribution in [3.63, 3.8) is 0 Å². The highest BCUT2D eigenvalue weighted by molar-refractivity contribution is 7.91. The van der Waals surface area contributed by atoms with E-state index in [4.69, 9.17) is 0 Å². The number of hydrogen-bond donors (Lipinski definition) is 3. The molecular formula is C11H10N2O4S2. The van der Waals surface area contributed by atoms with Gasteiger partial charge in [-0.1, -0.05) is 18.2 Å². The van der Waals surface area contributed by atoms with Crippen molar-refractivity contribution in [1.82, 2.24) is 10.3 Å². The summed E-state index contributed by atoms with van der Waals surface area (Å²) in [6.45, 7) is 0. The minimum Gasteiger partial charge on any atom is -0.507 e. The van der Waals surface area contributed by atoms with Gasteiger partial charge in [0, 0.05) is 0 Å². The highest BCUT2D eigenvalue weighted by Gasteiger charge is 2.17. The number of sulfonamides is 1. The number of hydrogen-bond acceptors (Lipinski definition) is 5. The van der Waals surface area contributed by atoms with Gasteiger partial charge >= 0.3 is 0 Å². The van der Waals surface area contributed by atoms with Crippen LogP contribution in [-0.4, -0.2) is 19.4 Å². The standard InChI is InChI=1S/C11H10N2O4S2/c14-9-5-2-1-4-8(9)11(15)12-13-19(16,17)10-6-3-7-18-10/h1-7,13-14H,(H,12,15). The molecule has 0 atom stereocenters. The van der Waals surface area contributed by atoms with Crippen LogP contribution in [0.1, 0.15) is 10.4 Å². The van der Waals surface area contributed by atoms with E-state index in [2.05, 4.69) is 0 Å². The van der Waals surface area contributed by atoms with E-state index in [1.807, 2.05) is 10.3 Å². The van der Waals surface area contributed by atoms with Crippen molar-refractivity contribution >= 4 is 27.3 Å². The highest BCUT2D eigenvalue weighted by atomic mass is 32.2. The lowest BCUT2D eigenvalue weighted by molar-refractivity contribution is 0.0942. The zero-order chi connectivity index (χ0) is 13.9. The maximum Gasteiger partial charge on any atom is 0.269 e. The Bertz CT molecular complexity index is 680. The van der Waals surface area contributed by atoms with Gasteiger partial charge < -0.3 is 5.11 Å². The molecule has 0 aliphatic heterocycles. The van der Waals surface area contributed by atoms with Crippen LogP contribution >= 0.6 is 11.3 Å². The molecule has 6 nitrogen and oxygen atoms in total. The van der Waals surface area contributed by atoms with Gasteiger partial charge in [0.25, 0.3) is 15.9 Å². The lowest BCUT2D eigenvalue weighted by Crippen LogP contribution is -2.41. The van der Waals surface area contributed by atoms with Gasteiger partial charge in [-0.2, -0.15) is 0 Å². The second-order valence-corrected chi connectivity index (χ2v) is 6.37. The van der Waals surface area contributed by atoms with E-state index < -0.39 is 15.9 Å². The Morgan fingerprint density at radius 2 is 1.89 bits per heavy atom. The second kappa shape index (κ2) is 5.39. The Morgan fingerprint density at radius 1 is 1.16 bits per heavy atom. The van der Waals surface area contributed by atoms with E-state index in [1.54, 1.807) is 23.6 Å². The molecule has 0 bridgehead atoms. The van der Waals surface area contributed by atoms with Crippen LogP contribution in [0.15, 0.2) is 46.0 Å². The summed E-state index contributed by atoms with van der Waals surface area (Å²) in [5.41, 5.74) is 2.02. The molecule has 0 fully saturated rings. The number of phenols is 1. The third-order valence-electron chi connectivity index (χ3n) is 2.21. The van der Waals surface area contributed by atoms with Crippen LogP contribution in [0.2, 0.25) is 0 Å². The average Bonchev–Trinajstić information content (AvgIpc) is 2.91. The van der Waals surface area contributed by atoms with Gasteiger partial charge in [0.15, 0.2) is 0 Å². The number of nitrogens with one attached hydrogen (secondary N) is 2. The van der Waals surface area contributed by atoms with Crippen LogP contribution in [-0.2, 0) is 10.0 Å². The van der Waals surface area contributed by atoms with Crippen LogP contribution in [0.3, 0.4) is 0 Å². The fourth-order valence-electron chi connectivity index (χ4n) is 1.31. The van der Waals surface area contributed by atoms with Gasteiger partial charge in [-0.3, -0.25) is 10.2 Å². The Labute approximate surface area is 113 Å². The summed E-state index contributed by atoms with van der Waals surface area (Å²) in [4.78, 5) is 13.6. The number of phenolic OH excluding ortho intramolecular Hbond substituents is 1. The minimum atomic E-state index is -3.78. The number of rotatable bonds is 4. The monoisotopic (exact) mass is 298 g/mol. The lowest BCUT2D eigenvalue weighted by Gasteiger charge is -2.07. The zero-order valence-electron chi connectivity index (χ0n) is 9.53. The summed E-state index contributed by atoms with van der Waals surface area (Å²) in [6.07, 6.45) is 0. The second-order valence-electron chi connectivity index (χ2n) is 3.51. The Hall–Kier alpha value is -1.90. The first-order chi connectivity index (χ1) is 9.00. The maximum atomic E-state index is 11.7. The van der Waals surface area contributed by atoms with Gasteiger partial charge in [0.2, 0.25) is 0 Å². The molecule has 100 valence electrons. The van der Waals surface area contributed by atoms with E-state index >= 15 is 0 Å². The Balaban J connectivity index is 2.08. The summed E-state index contributed by atoms with van der Waals surface area (Å²) in [6, 6.07) is 8.83. The predicted octanol–water partition coefficient (Wildman–Crippen LogP) is 1.08. The number of thiophene rings is 1. The first-order valence-electron chi connectivity index (χ1n) is 5.14. The molecular weight excluding hydrogens is 288 g/mol. The summed E-state index contributed by atoms with van der Waals surface area (Å²) in [5, 5.41) is 11.1. The van der Waals surface area contributed by atoms with Crippen molar-refractivity contribution in [2.75, 3.05) is 0 Å². The lowest BCUT2D eigenvalue weighted by atomic mass is 10.2. The van der Waals surface area contributed by atoms with Crippen LogP contribution < -0.4 is 10.3 Å². The molecule has 2 aromatic rings. The van der Waals surface area contributed by atoms with Gasteiger partial charge in [0.05, 0.1) is 5.56 Å². The van der Waals surface area contributed by atoms with Crippen LogP contribution in [0.25, 0.3) is 0 Å². The average molecular weight is 298 g/mol. The maximum absolute atomic E-state index is 11.7. The minimum absolute atomic E-state index is 0.0172. The summed E-state index contributed by atoms with van der Waals surface area (Å²) in [5.74, 6) is -0.964. The molecule has 1 heterocycles. The van der Waals surface area contributed by atoms with Crippen molar-refractivity contribution in [3.8, 4) is 5.75 Å². The number of amides is 1. The number of carbonyl (C=O) groups is 1. The van der Waals surface area contributed by atoms with Gasteiger partial charge in [0.1, 0.15) is 9.96 Å². The van der Waals surface area contributed by atoms with Crippen LogP contribution in [0, 0.1) is 0 Å². The normalized spacial score (nSPS) is 11.2. The summed E-state index contributed by atoms with van der Waals surface area (Å²) >= 11 is 1.03. The fraction of sp³-hybridized carbons (Fsp3) is 0. The quantitative estimate of drug-likeness (QED) is 0.736. The van der Waals surface area contributed by atoms with E-state index in [1.165, 1.54) is 18.2 Å². The largest absolute Gasteiger partial charge is 0.507 e. The van der Waals surface area contributed by atoms with Gasteiger partial charge in [-0.25, -0.2) is 8.42 Å². The molecule has 19 heavy (non-hydrogen) atoms. The van der Waals surface area contributed by atoms with E-state index in [9.17, 15) is 18.3 Å². The van der Waals surface area contributed by atoms with E-state index in [0.717, 1.165) is 11.3 Å². The molecule has 0 aliphatic rings. The van der Waals surface area contributed by atoms with Crippen LogP contribution in [0.4, 0.5) is 0 Å². The van der Waals surface area contributed by atoms with Crippen molar-refractivity contribution in [2.24, 2.45) is 0 Å². The number of benzene rings is 1. The first-order valence-corrected chi connectivity index (χ1v) is 7.50. The van der Waals surface area contributed by atoms with Crippen molar-refractivity contribution < 1.29 is 18.3 Å². The van der Waals surface area contributed by atoms with Crippen LogP contribution in [0.5, 0.6) is 5.75 Å². The number of hydrazine groups is 1. The molecule has 2 rings (SSSR count). The molecule has 0 spiro atoms. The molecule has 0 unspecified atom stereocenters. The molecule has 3 N–H and O–H groups in total. The van der Waals surface area contributed by atoms with Crippen molar-refractivity contribution in [2.45, 2.75) is 4.21 Å². The Morgan fingerprint density at radius 3 is 2.53 bits per heavy atom. The van der Waals surface area contributed by atoms with Crippen molar-refractivity contribution in [3.05, 3.63) is 47.3 Å². The third-order valence-corrected chi connectivity index (χ3v) is 4.85. The van der Waals surface area contributed by atoms with E-state index in [0.29, 0.717) is 0 Å². The molecule has 8 heteroatoms. The molecule has 1 amide bonds. The Kier molecular flexibility index (Phi) is 3.84. The molecule has 0 saturated heterocycles. The third kappa shape index (κ3) is 3.11. The van der Waals surface area contributed by atoms with Gasteiger partial charge in [-0.05, 0) is 23.6 Å². The molecule has 0 aliphatic carbocycles. The zero-order valence-corrected chi connectivity index (χ0v) is 11.2. The molecule has 0 saturated carbocycles. The van der Waals surface area contributed by atoms with Gasteiger partial charge in [-0.15, -0.1) is 16.2 Å². The SMILES string of the molecule is O=C(NNS(=O)(=O)c1cccs1)c1ccccc1O. The topological polar surface area (TPSA) is 95.5 Å². The summed E-state index contributed by atoms with van der Waals surface area (Å²) in [7, 11) is -3.78. The summed E-state index contributed by atoms with van der Waals surface area (Å²) < 4.78 is 23.6. The highest BCUT2D eigenvalue weighted by Crippen LogP contribution is 2.16.